The van der Waals surface area contributed by atoms with Gasteiger partial charge in [0.15, 0.2) is 0 Å². The van der Waals surface area contributed by atoms with E-state index in [1.165, 1.54) is 5.56 Å². The lowest BCUT2D eigenvalue weighted by Gasteiger charge is -2.39. The van der Waals surface area contributed by atoms with Gasteiger partial charge in [0.2, 0.25) is 0 Å². The van der Waals surface area contributed by atoms with Gasteiger partial charge < -0.3 is 10.1 Å². The summed E-state index contributed by atoms with van der Waals surface area (Å²) in [4.78, 5) is 0. The molecular weight excluding hydrogens is 254 g/mol. The minimum Gasteiger partial charge on any atom is -0.380 e. The van der Waals surface area contributed by atoms with E-state index in [2.05, 4.69) is 46.8 Å². The Balaban J connectivity index is 1.68. The van der Waals surface area contributed by atoms with Crippen LogP contribution in [0.25, 0.3) is 5.69 Å². The van der Waals surface area contributed by atoms with Crippen LogP contribution < -0.4 is 5.32 Å². The second-order valence-corrected chi connectivity index (χ2v) is 5.76. The van der Waals surface area contributed by atoms with Gasteiger partial charge in [-0.2, -0.15) is 0 Å². The van der Waals surface area contributed by atoms with Gasteiger partial charge in [-0.1, -0.05) is 19.1 Å². The van der Waals surface area contributed by atoms with Crippen LogP contribution in [0, 0.1) is 5.41 Å². The topological polar surface area (TPSA) is 64.9 Å². The molecule has 1 aromatic carbocycles. The fourth-order valence-electron chi connectivity index (χ4n) is 2.29. The van der Waals surface area contributed by atoms with Gasteiger partial charge in [-0.3, -0.25) is 0 Å². The number of nitrogens with zero attached hydrogens (tertiary/aromatic N) is 4. The van der Waals surface area contributed by atoms with E-state index < -0.39 is 0 Å². The van der Waals surface area contributed by atoms with E-state index in [4.69, 9.17) is 4.74 Å². The summed E-state index contributed by atoms with van der Waals surface area (Å²) in [6.45, 7) is 7.06. The molecule has 1 atom stereocenters. The number of ether oxygens (including phenoxy) is 1. The number of nitrogens with one attached hydrogen (secondary N) is 1. The molecular formula is C14H19N5O. The SMILES string of the molecule is CC(NCC1(C)COC1)c1cccc(-n2cnnn2)c1. The van der Waals surface area contributed by atoms with Crippen LogP contribution in [0.3, 0.4) is 0 Å². The molecule has 0 radical (unpaired) electrons. The fourth-order valence-corrected chi connectivity index (χ4v) is 2.29. The molecule has 2 heterocycles. The van der Waals surface area contributed by atoms with E-state index in [0.717, 1.165) is 25.4 Å². The number of aromatic nitrogens is 4. The van der Waals surface area contributed by atoms with Crippen LogP contribution in [0.5, 0.6) is 0 Å². The molecule has 1 fully saturated rings. The third-order valence-electron chi connectivity index (χ3n) is 3.72. The first-order valence-corrected chi connectivity index (χ1v) is 6.81. The Morgan fingerprint density at radius 1 is 1.45 bits per heavy atom. The number of benzene rings is 1. The summed E-state index contributed by atoms with van der Waals surface area (Å²) in [6.07, 6.45) is 1.60. The van der Waals surface area contributed by atoms with E-state index in [9.17, 15) is 0 Å². The van der Waals surface area contributed by atoms with Crippen molar-refractivity contribution in [1.29, 1.82) is 0 Å². The summed E-state index contributed by atoms with van der Waals surface area (Å²) in [5.74, 6) is 0. The molecule has 6 heteroatoms. The first-order valence-electron chi connectivity index (χ1n) is 6.81. The summed E-state index contributed by atoms with van der Waals surface area (Å²) in [5, 5.41) is 14.8. The van der Waals surface area contributed by atoms with Crippen molar-refractivity contribution >= 4 is 0 Å². The average Bonchev–Trinajstić information content (AvgIpc) is 2.97. The maximum absolute atomic E-state index is 5.28. The van der Waals surface area contributed by atoms with E-state index in [1.807, 2.05) is 12.1 Å². The highest BCUT2D eigenvalue weighted by molar-refractivity contribution is 5.35. The lowest BCUT2D eigenvalue weighted by atomic mass is 9.88. The Hall–Kier alpha value is -1.79. The van der Waals surface area contributed by atoms with E-state index >= 15 is 0 Å². The molecule has 1 aliphatic heterocycles. The minimum absolute atomic E-state index is 0.279. The van der Waals surface area contributed by atoms with E-state index in [1.54, 1.807) is 11.0 Å². The van der Waals surface area contributed by atoms with Crippen LogP contribution in [-0.2, 0) is 4.74 Å². The van der Waals surface area contributed by atoms with E-state index in [0.29, 0.717) is 0 Å². The zero-order valence-electron chi connectivity index (χ0n) is 11.8. The van der Waals surface area contributed by atoms with Gasteiger partial charge in [0.25, 0.3) is 0 Å². The lowest BCUT2D eigenvalue weighted by molar-refractivity contribution is -0.0999. The zero-order chi connectivity index (χ0) is 14.0. The molecule has 0 spiro atoms. The molecule has 106 valence electrons. The molecule has 1 unspecified atom stereocenters. The third-order valence-corrected chi connectivity index (χ3v) is 3.72. The highest BCUT2D eigenvalue weighted by atomic mass is 16.5. The Labute approximate surface area is 118 Å². The maximum Gasteiger partial charge on any atom is 0.143 e. The van der Waals surface area contributed by atoms with Gasteiger partial charge in [-0.15, -0.1) is 5.10 Å². The average molecular weight is 273 g/mol. The summed E-state index contributed by atoms with van der Waals surface area (Å²) >= 11 is 0. The van der Waals surface area contributed by atoms with Crippen molar-refractivity contribution in [1.82, 2.24) is 25.5 Å². The molecule has 1 N–H and O–H groups in total. The van der Waals surface area contributed by atoms with Crippen LogP contribution in [0.4, 0.5) is 0 Å². The summed E-state index contributed by atoms with van der Waals surface area (Å²) in [6, 6.07) is 8.52. The molecule has 0 aliphatic carbocycles. The van der Waals surface area contributed by atoms with Gasteiger partial charge in [0.1, 0.15) is 6.33 Å². The second kappa shape index (κ2) is 5.30. The van der Waals surface area contributed by atoms with Gasteiger partial charge in [-0.05, 0) is 35.0 Å². The quantitative estimate of drug-likeness (QED) is 0.891. The van der Waals surface area contributed by atoms with Crippen molar-refractivity contribution < 1.29 is 4.74 Å². The van der Waals surface area contributed by atoms with Crippen LogP contribution in [-0.4, -0.2) is 40.0 Å². The molecule has 2 aromatic rings. The van der Waals surface area contributed by atoms with Gasteiger partial charge in [0, 0.05) is 18.0 Å². The van der Waals surface area contributed by atoms with Crippen molar-refractivity contribution in [2.75, 3.05) is 19.8 Å². The highest BCUT2D eigenvalue weighted by Crippen LogP contribution is 2.26. The highest BCUT2D eigenvalue weighted by Gasteiger charge is 2.33. The Kier molecular flexibility index (Phi) is 3.50. The van der Waals surface area contributed by atoms with E-state index in [-0.39, 0.29) is 11.5 Å². The molecule has 0 saturated carbocycles. The van der Waals surface area contributed by atoms with Crippen LogP contribution in [0.1, 0.15) is 25.5 Å². The largest absolute Gasteiger partial charge is 0.380 e. The van der Waals surface area contributed by atoms with Crippen molar-refractivity contribution in [3.63, 3.8) is 0 Å². The third kappa shape index (κ3) is 2.71. The Bertz CT molecular complexity index is 565. The lowest BCUT2D eigenvalue weighted by Crippen LogP contribution is -2.47. The van der Waals surface area contributed by atoms with Gasteiger partial charge in [0.05, 0.1) is 18.9 Å². The molecule has 20 heavy (non-hydrogen) atoms. The predicted molar refractivity (Wildman–Crippen MR) is 74.5 cm³/mol. The summed E-state index contributed by atoms with van der Waals surface area (Å²) in [5.41, 5.74) is 2.47. The molecule has 6 nitrogen and oxygen atoms in total. The number of hydrogen-bond donors (Lipinski definition) is 1. The van der Waals surface area contributed by atoms with Crippen molar-refractivity contribution in [2.24, 2.45) is 5.41 Å². The monoisotopic (exact) mass is 273 g/mol. The number of hydrogen-bond acceptors (Lipinski definition) is 5. The maximum atomic E-state index is 5.28. The number of tetrazole rings is 1. The number of rotatable bonds is 5. The Morgan fingerprint density at radius 3 is 2.95 bits per heavy atom. The molecule has 0 bridgehead atoms. The van der Waals surface area contributed by atoms with Crippen LogP contribution >= 0.6 is 0 Å². The fraction of sp³-hybridized carbons (Fsp3) is 0.500. The molecule has 1 aliphatic rings. The van der Waals surface area contributed by atoms with Crippen LogP contribution in [0.2, 0.25) is 0 Å². The van der Waals surface area contributed by atoms with Crippen molar-refractivity contribution in [3.05, 3.63) is 36.2 Å². The van der Waals surface area contributed by atoms with Crippen LogP contribution in [0.15, 0.2) is 30.6 Å². The second-order valence-electron chi connectivity index (χ2n) is 5.76. The molecule has 3 rings (SSSR count). The smallest absolute Gasteiger partial charge is 0.143 e. The molecule has 1 saturated heterocycles. The first kappa shape index (κ1) is 13.2. The molecule has 0 amide bonds. The van der Waals surface area contributed by atoms with Gasteiger partial charge in [-0.25, -0.2) is 4.68 Å². The summed E-state index contributed by atoms with van der Waals surface area (Å²) in [7, 11) is 0. The first-order chi connectivity index (χ1) is 9.66. The normalized spacial score (nSPS) is 18.5. The van der Waals surface area contributed by atoms with Gasteiger partial charge >= 0.3 is 0 Å². The predicted octanol–water partition coefficient (Wildman–Crippen LogP) is 1.35. The zero-order valence-corrected chi connectivity index (χ0v) is 11.8. The molecule has 1 aromatic heterocycles. The van der Waals surface area contributed by atoms with Crippen molar-refractivity contribution in [3.8, 4) is 5.69 Å². The Morgan fingerprint density at radius 2 is 2.30 bits per heavy atom. The van der Waals surface area contributed by atoms with Crippen molar-refractivity contribution in [2.45, 2.75) is 19.9 Å². The minimum atomic E-state index is 0.279. The summed E-state index contributed by atoms with van der Waals surface area (Å²) < 4.78 is 6.94. The standard InChI is InChI=1S/C14H19N5O/c1-11(15-7-14(2)8-20-9-14)12-4-3-5-13(6-12)19-10-16-17-18-19/h3-6,10-11,15H,7-9H2,1-2H3.